The van der Waals surface area contributed by atoms with Gasteiger partial charge in [-0.3, -0.25) is 0 Å². The number of nitrogens with one attached hydrogen (secondary N) is 1. The van der Waals surface area contributed by atoms with Crippen LogP contribution in [-0.4, -0.2) is 40.5 Å². The number of rotatable bonds is 2. The van der Waals surface area contributed by atoms with E-state index in [4.69, 9.17) is 21.5 Å². The van der Waals surface area contributed by atoms with Crippen molar-refractivity contribution in [2.75, 3.05) is 6.54 Å². The van der Waals surface area contributed by atoms with Crippen LogP contribution in [0.2, 0.25) is 5.02 Å². The molecule has 1 unspecified atom stereocenters. The van der Waals surface area contributed by atoms with Crippen molar-refractivity contribution in [3.8, 4) is 0 Å². The Balaban J connectivity index is 0.000000295. The highest BCUT2D eigenvalue weighted by atomic mass is 35.5. The van der Waals surface area contributed by atoms with E-state index in [2.05, 4.69) is 5.32 Å². The predicted molar refractivity (Wildman–Crippen MR) is 75.9 cm³/mol. The Morgan fingerprint density at radius 1 is 1.41 bits per heavy atom. The molecule has 4 nitrogen and oxygen atoms in total. The Hall–Kier alpha value is -1.31. The van der Waals surface area contributed by atoms with Crippen molar-refractivity contribution >= 4 is 17.6 Å². The van der Waals surface area contributed by atoms with Crippen molar-refractivity contribution in [1.82, 2.24) is 5.32 Å². The van der Waals surface area contributed by atoms with Gasteiger partial charge in [-0.25, -0.2) is 4.79 Å². The zero-order chi connectivity index (χ0) is 17.0. The summed E-state index contributed by atoms with van der Waals surface area (Å²) < 4.78 is 31.7. The molecule has 1 aliphatic heterocycles. The number of aliphatic carboxylic acids is 1. The highest BCUT2D eigenvalue weighted by Gasteiger charge is 2.38. The van der Waals surface area contributed by atoms with Crippen LogP contribution in [0.4, 0.5) is 13.2 Å². The summed E-state index contributed by atoms with van der Waals surface area (Å²) in [5, 5.41) is 21.0. The van der Waals surface area contributed by atoms with Crippen molar-refractivity contribution in [3.63, 3.8) is 0 Å². The number of carbonyl (C=O) groups is 1. The van der Waals surface area contributed by atoms with Crippen LogP contribution in [0, 0.1) is 0 Å². The lowest BCUT2D eigenvalue weighted by atomic mass is 9.98. The normalized spacial score (nSPS) is 24.5. The third kappa shape index (κ3) is 6.64. The van der Waals surface area contributed by atoms with Gasteiger partial charge in [0.15, 0.2) is 0 Å². The summed E-state index contributed by atoms with van der Waals surface area (Å²) >= 11 is 5.82. The summed E-state index contributed by atoms with van der Waals surface area (Å²) in [6.07, 6.45) is -3.32. The highest BCUT2D eigenvalue weighted by Crippen LogP contribution is 2.21. The zero-order valence-electron chi connectivity index (χ0n) is 11.8. The summed E-state index contributed by atoms with van der Waals surface area (Å²) in [4.78, 5) is 8.90. The van der Waals surface area contributed by atoms with Crippen LogP contribution in [0.3, 0.4) is 0 Å². The Morgan fingerprint density at radius 3 is 2.27 bits per heavy atom. The fourth-order valence-electron chi connectivity index (χ4n) is 2.09. The molecular weight excluding hydrogens is 323 g/mol. The largest absolute Gasteiger partial charge is 0.490 e. The van der Waals surface area contributed by atoms with Gasteiger partial charge in [0.05, 0.1) is 5.60 Å². The van der Waals surface area contributed by atoms with E-state index in [-0.39, 0.29) is 0 Å². The maximum atomic E-state index is 10.6. The number of benzene rings is 1. The maximum Gasteiger partial charge on any atom is 0.490 e. The lowest BCUT2D eigenvalue weighted by molar-refractivity contribution is -0.192. The van der Waals surface area contributed by atoms with Crippen LogP contribution in [-0.2, 0) is 11.2 Å². The van der Waals surface area contributed by atoms with E-state index in [9.17, 15) is 18.3 Å². The molecule has 0 amide bonds. The van der Waals surface area contributed by atoms with Gasteiger partial charge in [-0.1, -0.05) is 23.7 Å². The molecule has 0 spiro atoms. The van der Waals surface area contributed by atoms with Crippen LogP contribution in [0.15, 0.2) is 24.3 Å². The molecule has 1 aliphatic rings. The number of carboxylic acid groups (broad SMARTS) is 1. The van der Waals surface area contributed by atoms with Gasteiger partial charge in [-0.05, 0) is 37.5 Å². The average Bonchev–Trinajstić information content (AvgIpc) is 2.71. The first-order valence-corrected chi connectivity index (χ1v) is 6.88. The van der Waals surface area contributed by atoms with Gasteiger partial charge in [0, 0.05) is 17.6 Å². The molecule has 0 aromatic heterocycles. The summed E-state index contributed by atoms with van der Waals surface area (Å²) in [5.74, 6) is -2.76. The van der Waals surface area contributed by atoms with Crippen LogP contribution in [0.5, 0.6) is 0 Å². The van der Waals surface area contributed by atoms with Crippen molar-refractivity contribution in [1.29, 1.82) is 0 Å². The van der Waals surface area contributed by atoms with Crippen molar-refractivity contribution in [2.45, 2.75) is 37.6 Å². The first kappa shape index (κ1) is 18.7. The number of hydrogen-bond donors (Lipinski definition) is 3. The molecule has 1 aromatic rings. The van der Waals surface area contributed by atoms with Gasteiger partial charge in [0.2, 0.25) is 0 Å². The molecule has 2 rings (SSSR count). The number of carboxylic acids is 1. The Labute approximate surface area is 130 Å². The second-order valence-corrected chi connectivity index (χ2v) is 5.85. The Morgan fingerprint density at radius 2 is 1.91 bits per heavy atom. The molecule has 1 fully saturated rings. The molecule has 1 saturated heterocycles. The summed E-state index contributed by atoms with van der Waals surface area (Å²) in [6, 6.07) is 8.27. The highest BCUT2D eigenvalue weighted by molar-refractivity contribution is 6.30. The number of hydrogen-bond acceptors (Lipinski definition) is 3. The molecule has 0 aliphatic carbocycles. The van der Waals surface area contributed by atoms with Gasteiger partial charge in [-0.2, -0.15) is 13.2 Å². The van der Waals surface area contributed by atoms with Gasteiger partial charge in [-0.15, -0.1) is 0 Å². The van der Waals surface area contributed by atoms with E-state index in [1.807, 2.05) is 31.2 Å². The van der Waals surface area contributed by atoms with Gasteiger partial charge >= 0.3 is 12.1 Å². The standard InChI is InChI=1S/C12H16ClNO.C2HF3O2/c1-12(15)7-11(14-8-12)6-9-2-4-10(13)5-3-9;3-2(4,5)1(6)7/h2-5,11,14-15H,6-8H2,1H3;(H,6,7)/t11-,12?;/m0./s1. The fourth-order valence-corrected chi connectivity index (χ4v) is 2.21. The number of β-amino-alcohol motifs (C(OH)–C–C–N with tert-alkyl or cyclic N) is 1. The molecule has 124 valence electrons. The predicted octanol–water partition coefficient (Wildman–Crippen LogP) is 2.63. The maximum absolute atomic E-state index is 10.6. The summed E-state index contributed by atoms with van der Waals surface area (Å²) in [7, 11) is 0. The number of aliphatic hydroxyl groups is 1. The van der Waals surface area contributed by atoms with Crippen molar-refractivity contribution < 1.29 is 28.2 Å². The van der Waals surface area contributed by atoms with E-state index < -0.39 is 17.7 Å². The minimum Gasteiger partial charge on any atom is -0.475 e. The van der Waals surface area contributed by atoms with Crippen LogP contribution in [0.1, 0.15) is 18.9 Å². The molecule has 3 N–H and O–H groups in total. The number of halogens is 4. The smallest absolute Gasteiger partial charge is 0.475 e. The lowest BCUT2D eigenvalue weighted by Gasteiger charge is -2.14. The monoisotopic (exact) mass is 339 g/mol. The SMILES string of the molecule is CC1(O)CN[C@@H](Cc2ccc(Cl)cc2)C1.O=C(O)C(F)(F)F. The van der Waals surface area contributed by atoms with Gasteiger partial charge in [0.25, 0.3) is 0 Å². The molecule has 22 heavy (non-hydrogen) atoms. The summed E-state index contributed by atoms with van der Waals surface area (Å²) in [5.41, 5.74) is 0.714. The lowest BCUT2D eigenvalue weighted by Crippen LogP contribution is -2.26. The molecule has 0 radical (unpaired) electrons. The fraction of sp³-hybridized carbons (Fsp3) is 0.500. The van der Waals surface area contributed by atoms with E-state index in [1.54, 1.807) is 0 Å². The quantitative estimate of drug-likeness (QED) is 0.774. The topological polar surface area (TPSA) is 69.6 Å². The molecule has 1 aromatic carbocycles. The van der Waals surface area contributed by atoms with E-state index in [0.717, 1.165) is 17.9 Å². The third-order valence-corrected chi connectivity index (χ3v) is 3.35. The van der Waals surface area contributed by atoms with Crippen molar-refractivity contribution in [3.05, 3.63) is 34.9 Å². The van der Waals surface area contributed by atoms with Crippen LogP contribution in [0.25, 0.3) is 0 Å². The average molecular weight is 340 g/mol. The first-order chi connectivity index (χ1) is 9.99. The van der Waals surface area contributed by atoms with E-state index in [0.29, 0.717) is 12.6 Å². The molecule has 1 heterocycles. The van der Waals surface area contributed by atoms with E-state index in [1.165, 1.54) is 5.56 Å². The Bertz CT molecular complexity index is 503. The third-order valence-electron chi connectivity index (χ3n) is 3.10. The second-order valence-electron chi connectivity index (χ2n) is 5.41. The van der Waals surface area contributed by atoms with Crippen molar-refractivity contribution in [2.24, 2.45) is 0 Å². The first-order valence-electron chi connectivity index (χ1n) is 6.50. The Kier molecular flexibility index (Phi) is 6.22. The zero-order valence-corrected chi connectivity index (χ0v) is 12.6. The van der Waals surface area contributed by atoms with Gasteiger partial charge in [0.1, 0.15) is 0 Å². The molecular formula is C14H17ClF3NO3. The summed E-state index contributed by atoms with van der Waals surface area (Å²) in [6.45, 7) is 2.56. The molecule has 2 atom stereocenters. The van der Waals surface area contributed by atoms with Crippen LogP contribution >= 0.6 is 11.6 Å². The minimum absolute atomic E-state index is 0.376. The minimum atomic E-state index is -5.08. The molecule has 0 bridgehead atoms. The molecule has 8 heteroatoms. The number of alkyl halides is 3. The second kappa shape index (κ2) is 7.30. The van der Waals surface area contributed by atoms with E-state index >= 15 is 0 Å². The van der Waals surface area contributed by atoms with Gasteiger partial charge < -0.3 is 15.5 Å². The molecule has 0 saturated carbocycles. The van der Waals surface area contributed by atoms with Crippen LogP contribution < -0.4 is 5.32 Å².